The van der Waals surface area contributed by atoms with Crippen molar-refractivity contribution in [1.82, 2.24) is 10.2 Å². The lowest BCUT2D eigenvalue weighted by molar-refractivity contribution is 1.05. The molecule has 0 spiro atoms. The summed E-state index contributed by atoms with van der Waals surface area (Å²) >= 11 is 6.21. The Morgan fingerprint density at radius 2 is 1.75 bits per heavy atom. The molecule has 0 bridgehead atoms. The first-order chi connectivity index (χ1) is 9.70. The van der Waals surface area contributed by atoms with Gasteiger partial charge in [-0.05, 0) is 18.6 Å². The molecule has 0 radical (unpaired) electrons. The predicted octanol–water partition coefficient (Wildman–Crippen LogP) is 4.30. The number of rotatable bonds is 2. The van der Waals surface area contributed by atoms with Crippen LogP contribution in [0.2, 0.25) is 5.02 Å². The number of hydrogen-bond acceptors (Lipinski definition) is 3. The van der Waals surface area contributed by atoms with Gasteiger partial charge in [0.15, 0.2) is 5.82 Å². The first kappa shape index (κ1) is 12.9. The van der Waals surface area contributed by atoms with Crippen molar-refractivity contribution in [3.05, 3.63) is 53.1 Å². The van der Waals surface area contributed by atoms with Crippen molar-refractivity contribution in [3.8, 4) is 11.3 Å². The Morgan fingerprint density at radius 3 is 2.45 bits per heavy atom. The van der Waals surface area contributed by atoms with Crippen molar-refractivity contribution in [1.29, 1.82) is 0 Å². The van der Waals surface area contributed by atoms with Gasteiger partial charge in [-0.3, -0.25) is 0 Å². The van der Waals surface area contributed by atoms with Crippen LogP contribution in [0, 0.1) is 6.92 Å². The van der Waals surface area contributed by atoms with Crippen LogP contribution in [0.1, 0.15) is 5.56 Å². The van der Waals surface area contributed by atoms with Crippen LogP contribution in [-0.4, -0.2) is 17.2 Å². The van der Waals surface area contributed by atoms with E-state index in [-0.39, 0.29) is 0 Å². The molecule has 0 aliphatic heterocycles. The lowest BCUT2D eigenvalue weighted by atomic mass is 10.0. The smallest absolute Gasteiger partial charge is 0.156 e. The average molecular weight is 284 g/mol. The Bertz CT molecular complexity index is 784. The van der Waals surface area contributed by atoms with Crippen molar-refractivity contribution in [2.45, 2.75) is 6.92 Å². The second kappa shape index (κ2) is 5.10. The van der Waals surface area contributed by atoms with Gasteiger partial charge in [0.25, 0.3) is 0 Å². The zero-order valence-electron chi connectivity index (χ0n) is 11.3. The minimum atomic E-state index is 0.742. The highest BCUT2D eigenvalue weighted by Crippen LogP contribution is 2.31. The zero-order valence-corrected chi connectivity index (χ0v) is 12.1. The lowest BCUT2D eigenvalue weighted by Gasteiger charge is -2.09. The van der Waals surface area contributed by atoms with E-state index in [9.17, 15) is 0 Å². The van der Waals surface area contributed by atoms with Gasteiger partial charge in [0.05, 0.1) is 0 Å². The number of fused-ring (bicyclic) bond motifs is 1. The van der Waals surface area contributed by atoms with Crippen LogP contribution >= 0.6 is 11.6 Å². The van der Waals surface area contributed by atoms with Gasteiger partial charge in [-0.2, -0.15) is 0 Å². The summed E-state index contributed by atoms with van der Waals surface area (Å²) in [7, 11) is 1.85. The first-order valence-electron chi connectivity index (χ1n) is 6.40. The Labute approximate surface area is 122 Å². The highest BCUT2D eigenvalue weighted by Gasteiger charge is 2.10. The molecule has 20 heavy (non-hydrogen) atoms. The van der Waals surface area contributed by atoms with E-state index in [1.807, 2.05) is 56.4 Å². The Balaban J connectivity index is 2.29. The molecule has 1 aromatic heterocycles. The van der Waals surface area contributed by atoms with E-state index in [0.717, 1.165) is 38.4 Å². The molecule has 4 heteroatoms. The molecule has 0 amide bonds. The summed E-state index contributed by atoms with van der Waals surface area (Å²) in [6.45, 7) is 1.99. The second-order valence-corrected chi connectivity index (χ2v) is 5.06. The number of anilines is 1. The molecule has 2 aromatic carbocycles. The zero-order chi connectivity index (χ0) is 14.1. The molecule has 1 N–H and O–H groups in total. The van der Waals surface area contributed by atoms with Gasteiger partial charge >= 0.3 is 0 Å². The van der Waals surface area contributed by atoms with E-state index >= 15 is 0 Å². The third-order valence-corrected chi connectivity index (χ3v) is 3.78. The molecule has 0 atom stereocenters. The fraction of sp³-hybridized carbons (Fsp3) is 0.125. The Morgan fingerprint density at radius 1 is 1.00 bits per heavy atom. The van der Waals surface area contributed by atoms with Crippen molar-refractivity contribution in [3.63, 3.8) is 0 Å². The van der Waals surface area contributed by atoms with E-state index in [4.69, 9.17) is 11.6 Å². The molecule has 0 aliphatic carbocycles. The van der Waals surface area contributed by atoms with E-state index in [2.05, 4.69) is 15.5 Å². The molecular formula is C16H14ClN3. The maximum Gasteiger partial charge on any atom is 0.156 e. The molecule has 3 nitrogen and oxygen atoms in total. The van der Waals surface area contributed by atoms with Gasteiger partial charge in [-0.15, -0.1) is 10.2 Å². The molecular weight excluding hydrogens is 270 g/mol. The Hall–Kier alpha value is -2.13. The van der Waals surface area contributed by atoms with E-state index in [1.54, 1.807) is 0 Å². The Kier molecular flexibility index (Phi) is 3.28. The summed E-state index contributed by atoms with van der Waals surface area (Å²) in [6, 6.07) is 14.0. The van der Waals surface area contributed by atoms with Crippen molar-refractivity contribution in [2.75, 3.05) is 12.4 Å². The third-order valence-electron chi connectivity index (χ3n) is 3.37. The summed E-state index contributed by atoms with van der Waals surface area (Å²) in [6.07, 6.45) is 0. The SMILES string of the molecule is CNc1nnc(-c2ccc(C)c(Cl)c2)c2ccccc12. The van der Waals surface area contributed by atoms with Crippen LogP contribution < -0.4 is 5.32 Å². The normalized spacial score (nSPS) is 10.8. The van der Waals surface area contributed by atoms with Crippen LogP contribution in [0.25, 0.3) is 22.0 Å². The minimum Gasteiger partial charge on any atom is -0.371 e. The van der Waals surface area contributed by atoms with Crippen LogP contribution in [0.3, 0.4) is 0 Å². The number of nitrogens with zero attached hydrogens (tertiary/aromatic N) is 2. The molecule has 0 saturated carbocycles. The number of hydrogen-bond donors (Lipinski definition) is 1. The van der Waals surface area contributed by atoms with Gasteiger partial charge in [-0.1, -0.05) is 48.0 Å². The number of halogens is 1. The molecule has 1 heterocycles. The highest BCUT2D eigenvalue weighted by molar-refractivity contribution is 6.31. The minimum absolute atomic E-state index is 0.742. The summed E-state index contributed by atoms with van der Waals surface area (Å²) in [4.78, 5) is 0. The van der Waals surface area contributed by atoms with Gasteiger partial charge in [0, 0.05) is 28.4 Å². The number of aryl methyl sites for hydroxylation is 1. The van der Waals surface area contributed by atoms with E-state index in [1.165, 1.54) is 0 Å². The fourth-order valence-corrected chi connectivity index (χ4v) is 2.42. The van der Waals surface area contributed by atoms with Crippen molar-refractivity contribution < 1.29 is 0 Å². The average Bonchev–Trinajstić information content (AvgIpc) is 2.49. The summed E-state index contributed by atoms with van der Waals surface area (Å²) < 4.78 is 0. The molecule has 3 aromatic rings. The molecule has 0 fully saturated rings. The molecule has 0 aliphatic rings. The molecule has 100 valence electrons. The first-order valence-corrected chi connectivity index (χ1v) is 6.78. The number of benzene rings is 2. The lowest BCUT2D eigenvalue weighted by Crippen LogP contribution is -1.98. The fourth-order valence-electron chi connectivity index (χ4n) is 2.24. The number of aromatic nitrogens is 2. The topological polar surface area (TPSA) is 37.8 Å². The van der Waals surface area contributed by atoms with Gasteiger partial charge in [-0.25, -0.2) is 0 Å². The van der Waals surface area contributed by atoms with Crippen LogP contribution in [0.4, 0.5) is 5.82 Å². The largest absolute Gasteiger partial charge is 0.371 e. The van der Waals surface area contributed by atoms with Crippen LogP contribution in [-0.2, 0) is 0 Å². The number of nitrogens with one attached hydrogen (secondary N) is 1. The van der Waals surface area contributed by atoms with Crippen LogP contribution in [0.15, 0.2) is 42.5 Å². The maximum atomic E-state index is 6.21. The van der Waals surface area contributed by atoms with E-state index < -0.39 is 0 Å². The van der Waals surface area contributed by atoms with E-state index in [0.29, 0.717) is 0 Å². The predicted molar refractivity (Wildman–Crippen MR) is 84.3 cm³/mol. The second-order valence-electron chi connectivity index (χ2n) is 4.66. The molecule has 3 rings (SSSR count). The molecule has 0 saturated heterocycles. The van der Waals surface area contributed by atoms with Crippen molar-refractivity contribution in [2.24, 2.45) is 0 Å². The third kappa shape index (κ3) is 2.10. The van der Waals surface area contributed by atoms with Gasteiger partial charge in [0.2, 0.25) is 0 Å². The van der Waals surface area contributed by atoms with Gasteiger partial charge < -0.3 is 5.32 Å². The molecule has 0 unspecified atom stereocenters. The van der Waals surface area contributed by atoms with Crippen LogP contribution in [0.5, 0.6) is 0 Å². The maximum absolute atomic E-state index is 6.21. The van der Waals surface area contributed by atoms with Gasteiger partial charge in [0.1, 0.15) is 5.69 Å². The highest BCUT2D eigenvalue weighted by atomic mass is 35.5. The monoisotopic (exact) mass is 283 g/mol. The summed E-state index contributed by atoms with van der Waals surface area (Å²) in [5, 5.41) is 14.5. The quantitative estimate of drug-likeness (QED) is 0.762. The summed E-state index contributed by atoms with van der Waals surface area (Å²) in [5.41, 5.74) is 2.88. The van der Waals surface area contributed by atoms with Crippen molar-refractivity contribution >= 4 is 28.2 Å². The standard InChI is InChI=1S/C16H14ClN3/c1-10-7-8-11(9-14(10)17)15-12-5-3-4-6-13(12)16(18-2)20-19-15/h3-9H,1-2H3,(H,18,20). The summed E-state index contributed by atoms with van der Waals surface area (Å²) in [5.74, 6) is 0.780.